The highest BCUT2D eigenvalue weighted by Gasteiger charge is 2.41. The molecule has 3 amide bonds. The molecule has 9 heteroatoms. The van der Waals surface area contributed by atoms with Gasteiger partial charge in [-0.1, -0.05) is 36.2 Å². The summed E-state index contributed by atoms with van der Waals surface area (Å²) in [5.74, 6) is -0.747. The molecule has 146 valence electrons. The third-order valence-electron chi connectivity index (χ3n) is 5.08. The number of nitrogens with zero attached hydrogens (tertiary/aromatic N) is 1. The number of nitrogens with one attached hydrogen (secondary N) is 1. The summed E-state index contributed by atoms with van der Waals surface area (Å²) < 4.78 is 5.58. The Hall–Kier alpha value is -2.32. The van der Waals surface area contributed by atoms with E-state index in [0.29, 0.717) is 23.3 Å². The van der Waals surface area contributed by atoms with Gasteiger partial charge in [0.15, 0.2) is 11.2 Å². The molecule has 1 aromatic carbocycles. The van der Waals surface area contributed by atoms with Crippen LogP contribution >= 0.6 is 23.4 Å². The van der Waals surface area contributed by atoms with Crippen molar-refractivity contribution < 1.29 is 18.8 Å². The van der Waals surface area contributed by atoms with E-state index >= 15 is 0 Å². The Labute approximate surface area is 169 Å². The number of imide groups is 1. The third kappa shape index (κ3) is 3.54. The zero-order chi connectivity index (χ0) is 19.8. The predicted molar refractivity (Wildman–Crippen MR) is 106 cm³/mol. The van der Waals surface area contributed by atoms with Gasteiger partial charge in [-0.15, -0.1) is 0 Å². The van der Waals surface area contributed by atoms with Crippen LogP contribution in [0.15, 0.2) is 33.5 Å². The van der Waals surface area contributed by atoms with Crippen LogP contribution in [0.5, 0.6) is 0 Å². The molecular weight excluding hydrogens is 404 g/mol. The van der Waals surface area contributed by atoms with Crippen LogP contribution in [0.4, 0.5) is 4.79 Å². The average molecular weight is 421 g/mol. The maximum Gasteiger partial charge on any atom is 0.289 e. The molecule has 7 nitrogen and oxygen atoms in total. The minimum Gasteiger partial charge on any atom is -0.451 e. The highest BCUT2D eigenvalue weighted by molar-refractivity contribution is 8.14. The molecule has 1 saturated heterocycles. The lowest BCUT2D eigenvalue weighted by atomic mass is 9.89. The molecule has 4 rings (SSSR count). The molecule has 2 fully saturated rings. The van der Waals surface area contributed by atoms with Crippen LogP contribution in [0.3, 0.4) is 0 Å². The minimum absolute atomic E-state index is 0.113. The van der Waals surface area contributed by atoms with Crippen LogP contribution in [0.25, 0.3) is 11.0 Å². The molecular formula is C19H17ClN2O5S. The van der Waals surface area contributed by atoms with Gasteiger partial charge in [-0.3, -0.25) is 24.1 Å². The fraction of sp³-hybridized carbons (Fsp3) is 0.368. The summed E-state index contributed by atoms with van der Waals surface area (Å²) in [5, 5.41) is 3.28. The maximum atomic E-state index is 12.7. The molecule has 2 aromatic rings. The lowest BCUT2D eigenvalue weighted by molar-refractivity contribution is -0.127. The number of carbonyl (C=O) groups excluding carboxylic acids is 3. The largest absolute Gasteiger partial charge is 0.451 e. The van der Waals surface area contributed by atoms with E-state index < -0.39 is 5.91 Å². The van der Waals surface area contributed by atoms with Gasteiger partial charge in [0.05, 0.1) is 23.2 Å². The first-order valence-corrected chi connectivity index (χ1v) is 10.3. The van der Waals surface area contributed by atoms with Crippen molar-refractivity contribution in [2.75, 3.05) is 5.75 Å². The number of rotatable bonds is 3. The van der Waals surface area contributed by atoms with Gasteiger partial charge in [0.2, 0.25) is 5.91 Å². The number of fused-ring (bicyclic) bond motifs is 1. The third-order valence-corrected chi connectivity index (χ3v) is 6.15. The summed E-state index contributed by atoms with van der Waals surface area (Å²) in [4.78, 5) is 50.5. The van der Waals surface area contributed by atoms with Gasteiger partial charge in [0.25, 0.3) is 11.1 Å². The van der Waals surface area contributed by atoms with Crippen molar-refractivity contribution in [1.29, 1.82) is 0 Å². The first-order valence-electron chi connectivity index (χ1n) is 8.97. The first kappa shape index (κ1) is 19.0. The smallest absolute Gasteiger partial charge is 0.289 e. The van der Waals surface area contributed by atoms with Crippen LogP contribution in [-0.4, -0.2) is 39.8 Å². The summed E-state index contributed by atoms with van der Waals surface area (Å²) in [6, 6.07) is 4.99. The highest BCUT2D eigenvalue weighted by atomic mass is 35.5. The zero-order valence-corrected chi connectivity index (χ0v) is 16.3. The second-order valence-electron chi connectivity index (χ2n) is 6.87. The van der Waals surface area contributed by atoms with Gasteiger partial charge in [0, 0.05) is 11.1 Å². The van der Waals surface area contributed by atoms with Crippen molar-refractivity contribution in [3.63, 3.8) is 0 Å². The van der Waals surface area contributed by atoms with Crippen LogP contribution in [-0.2, 0) is 4.79 Å². The fourth-order valence-electron chi connectivity index (χ4n) is 3.75. The number of halogens is 1. The van der Waals surface area contributed by atoms with Crippen molar-refractivity contribution in [3.05, 3.63) is 45.3 Å². The van der Waals surface area contributed by atoms with Gasteiger partial charge in [-0.2, -0.15) is 0 Å². The van der Waals surface area contributed by atoms with Crippen LogP contribution in [0.1, 0.15) is 36.2 Å². The standard InChI is InChI=1S/C19H17ClN2O5S/c20-10-5-6-15-11(7-10)14(23)8-16(27-15)18(25)21-12-3-1-2-4-13(12)22-17(24)9-28-19(22)26/h5-8,12-13H,1-4,9H2,(H,21,25)/t12-,13-/m0/s1. The van der Waals surface area contributed by atoms with Gasteiger partial charge < -0.3 is 9.73 Å². The summed E-state index contributed by atoms with van der Waals surface area (Å²) in [6.45, 7) is 0. The lowest BCUT2D eigenvalue weighted by Gasteiger charge is -2.36. The molecule has 1 aromatic heterocycles. The molecule has 2 heterocycles. The zero-order valence-electron chi connectivity index (χ0n) is 14.8. The Morgan fingerprint density at radius 2 is 1.96 bits per heavy atom. The van der Waals surface area contributed by atoms with E-state index in [1.165, 1.54) is 17.0 Å². The second kappa shape index (κ2) is 7.60. The minimum atomic E-state index is -0.544. The van der Waals surface area contributed by atoms with E-state index in [1.54, 1.807) is 6.07 Å². The van der Waals surface area contributed by atoms with E-state index in [9.17, 15) is 19.2 Å². The Balaban J connectivity index is 1.59. The number of thioether (sulfide) groups is 1. The maximum absolute atomic E-state index is 12.7. The van der Waals surface area contributed by atoms with Gasteiger partial charge >= 0.3 is 0 Å². The number of hydrogen-bond acceptors (Lipinski definition) is 6. The van der Waals surface area contributed by atoms with E-state index in [1.807, 2.05) is 0 Å². The summed E-state index contributed by atoms with van der Waals surface area (Å²) in [6.07, 6.45) is 3.05. The van der Waals surface area contributed by atoms with Crippen LogP contribution < -0.4 is 10.7 Å². The van der Waals surface area contributed by atoms with Gasteiger partial charge in [-0.25, -0.2) is 0 Å². The van der Waals surface area contributed by atoms with E-state index in [2.05, 4.69) is 5.32 Å². The Kier molecular flexibility index (Phi) is 5.16. The van der Waals surface area contributed by atoms with E-state index in [0.717, 1.165) is 30.7 Å². The first-order chi connectivity index (χ1) is 13.4. The Morgan fingerprint density at radius 3 is 2.71 bits per heavy atom. The number of carbonyl (C=O) groups is 3. The second-order valence-corrected chi connectivity index (χ2v) is 8.23. The fourth-order valence-corrected chi connectivity index (χ4v) is 4.69. The molecule has 1 aliphatic heterocycles. The van der Waals surface area contributed by atoms with Crippen LogP contribution in [0, 0.1) is 0 Å². The quantitative estimate of drug-likeness (QED) is 0.819. The number of benzene rings is 1. The van der Waals surface area contributed by atoms with Gasteiger partial charge in [-0.05, 0) is 31.0 Å². The number of amides is 3. The average Bonchev–Trinajstić information content (AvgIpc) is 3.01. The topological polar surface area (TPSA) is 96.7 Å². The lowest BCUT2D eigenvalue weighted by Crippen LogP contribution is -2.54. The number of hydrogen-bond donors (Lipinski definition) is 1. The van der Waals surface area contributed by atoms with Crippen molar-refractivity contribution in [2.45, 2.75) is 37.8 Å². The summed E-state index contributed by atoms with van der Waals surface area (Å²) >= 11 is 6.89. The SMILES string of the molecule is O=C(N[C@H]1CCCC[C@@H]1N1C(=O)CSC1=O)c1cc(=O)c2cc(Cl)ccc2o1. The molecule has 1 saturated carbocycles. The van der Waals surface area contributed by atoms with Crippen molar-refractivity contribution in [1.82, 2.24) is 10.2 Å². The summed E-state index contributed by atoms with van der Waals surface area (Å²) in [7, 11) is 0. The van der Waals surface area contributed by atoms with Crippen molar-refractivity contribution in [2.24, 2.45) is 0 Å². The van der Waals surface area contributed by atoms with E-state index in [-0.39, 0.29) is 45.8 Å². The molecule has 2 aliphatic rings. The molecule has 0 spiro atoms. The van der Waals surface area contributed by atoms with E-state index in [4.69, 9.17) is 16.0 Å². The molecule has 28 heavy (non-hydrogen) atoms. The Bertz CT molecular complexity index is 1020. The monoisotopic (exact) mass is 420 g/mol. The predicted octanol–water partition coefficient (Wildman–Crippen LogP) is 3.18. The Morgan fingerprint density at radius 1 is 1.18 bits per heavy atom. The normalized spacial score (nSPS) is 22.7. The molecule has 0 unspecified atom stereocenters. The summed E-state index contributed by atoms with van der Waals surface area (Å²) in [5.41, 5.74) is -0.0982. The van der Waals surface area contributed by atoms with Crippen LogP contribution in [0.2, 0.25) is 5.02 Å². The molecule has 1 N–H and O–H groups in total. The molecule has 1 aliphatic carbocycles. The molecule has 0 bridgehead atoms. The van der Waals surface area contributed by atoms with Crippen molar-refractivity contribution in [3.8, 4) is 0 Å². The molecule has 0 radical (unpaired) electrons. The molecule has 2 atom stereocenters. The van der Waals surface area contributed by atoms with Gasteiger partial charge in [0.1, 0.15) is 5.58 Å². The highest BCUT2D eigenvalue weighted by Crippen LogP contribution is 2.30. The van der Waals surface area contributed by atoms with Crippen molar-refractivity contribution >= 4 is 51.4 Å².